The molecule has 0 aliphatic carbocycles. The normalized spacial score (nSPS) is 26.0. The molecule has 0 N–H and O–H groups in total. The van der Waals surface area contributed by atoms with Crippen LogP contribution < -0.4 is 0 Å². The number of carbonyl (C=O) groups is 1. The maximum Gasteiger partial charge on any atom is 0.343 e. The highest BCUT2D eigenvalue weighted by molar-refractivity contribution is 5.91. The van der Waals surface area contributed by atoms with Crippen molar-refractivity contribution in [1.29, 1.82) is 0 Å². The summed E-state index contributed by atoms with van der Waals surface area (Å²) in [6, 6.07) is 10.2. The summed E-state index contributed by atoms with van der Waals surface area (Å²) in [4.78, 5) is 12.5. The molecule has 2 atom stereocenters. The van der Waals surface area contributed by atoms with E-state index >= 15 is 0 Å². The van der Waals surface area contributed by atoms with E-state index in [1.54, 1.807) is 13.8 Å². The quantitative estimate of drug-likeness (QED) is 0.783. The average molecular weight is 330 g/mol. The van der Waals surface area contributed by atoms with Crippen molar-refractivity contribution in [2.45, 2.75) is 65.0 Å². The van der Waals surface area contributed by atoms with Crippen LogP contribution in [0.1, 0.15) is 46.1 Å². The second-order valence-electron chi connectivity index (χ2n) is 7.36. The van der Waals surface area contributed by atoms with Crippen LogP contribution in [0, 0.1) is 5.92 Å². The van der Waals surface area contributed by atoms with Gasteiger partial charge in [-0.25, -0.2) is 4.79 Å². The SMILES string of the molecule is CC(C)[C@@H]1CC2=C(C(=O)OC(C)(C)O2)[C@H](CCc2ccccc2)O1. The molecule has 0 unspecified atom stereocenters. The summed E-state index contributed by atoms with van der Waals surface area (Å²) in [7, 11) is 0. The molecule has 2 aliphatic heterocycles. The maximum atomic E-state index is 12.5. The summed E-state index contributed by atoms with van der Waals surface area (Å²) >= 11 is 0. The zero-order valence-electron chi connectivity index (χ0n) is 14.9. The van der Waals surface area contributed by atoms with Gasteiger partial charge in [0.05, 0.1) is 12.2 Å². The minimum atomic E-state index is -0.904. The number of benzene rings is 1. The minimum Gasteiger partial charge on any atom is -0.456 e. The molecule has 0 aromatic heterocycles. The van der Waals surface area contributed by atoms with Crippen molar-refractivity contribution in [2.75, 3.05) is 0 Å². The standard InChI is InChI=1S/C20H26O4/c1-13(2)16-12-17-18(19(21)24-20(3,4)23-17)15(22-16)11-10-14-8-6-5-7-9-14/h5-9,13,15-16H,10-12H2,1-4H3/t15-,16-/m0/s1. The van der Waals surface area contributed by atoms with Crippen molar-refractivity contribution < 1.29 is 19.0 Å². The van der Waals surface area contributed by atoms with E-state index in [0.717, 1.165) is 18.6 Å². The lowest BCUT2D eigenvalue weighted by atomic mass is 9.91. The Morgan fingerprint density at radius 1 is 1.17 bits per heavy atom. The molecule has 1 aromatic rings. The van der Waals surface area contributed by atoms with Gasteiger partial charge in [0.15, 0.2) is 0 Å². The van der Waals surface area contributed by atoms with Crippen molar-refractivity contribution in [3.05, 3.63) is 47.2 Å². The van der Waals surface area contributed by atoms with Crippen LogP contribution >= 0.6 is 0 Å². The minimum absolute atomic E-state index is 0.0613. The molecule has 24 heavy (non-hydrogen) atoms. The molecule has 0 bridgehead atoms. The average Bonchev–Trinajstić information content (AvgIpc) is 2.51. The first kappa shape index (κ1) is 17.0. The van der Waals surface area contributed by atoms with E-state index in [1.807, 2.05) is 18.2 Å². The maximum absolute atomic E-state index is 12.5. The molecule has 2 aliphatic rings. The van der Waals surface area contributed by atoms with E-state index in [9.17, 15) is 4.79 Å². The first-order valence-electron chi connectivity index (χ1n) is 8.70. The van der Waals surface area contributed by atoms with Crippen molar-refractivity contribution in [3.63, 3.8) is 0 Å². The lowest BCUT2D eigenvalue weighted by molar-refractivity contribution is -0.218. The van der Waals surface area contributed by atoms with Gasteiger partial charge in [0, 0.05) is 20.3 Å². The van der Waals surface area contributed by atoms with Crippen molar-refractivity contribution in [2.24, 2.45) is 5.92 Å². The van der Waals surface area contributed by atoms with Crippen LogP contribution in [0.15, 0.2) is 41.7 Å². The molecule has 2 heterocycles. The molecule has 4 nitrogen and oxygen atoms in total. The van der Waals surface area contributed by atoms with Crippen molar-refractivity contribution in [1.82, 2.24) is 0 Å². The van der Waals surface area contributed by atoms with E-state index in [1.165, 1.54) is 5.56 Å². The highest BCUT2D eigenvalue weighted by Gasteiger charge is 2.44. The number of aryl methyl sites for hydroxylation is 1. The molecule has 0 radical (unpaired) electrons. The third-order valence-electron chi connectivity index (χ3n) is 4.56. The van der Waals surface area contributed by atoms with E-state index < -0.39 is 5.79 Å². The molecule has 0 spiro atoms. The van der Waals surface area contributed by atoms with Gasteiger partial charge < -0.3 is 14.2 Å². The number of esters is 1. The molecule has 4 heteroatoms. The summed E-state index contributed by atoms with van der Waals surface area (Å²) in [5.74, 6) is -0.0950. The number of carbonyl (C=O) groups excluding carboxylic acids is 1. The van der Waals surface area contributed by atoms with Crippen LogP contribution in [-0.2, 0) is 25.4 Å². The molecule has 0 amide bonds. The fourth-order valence-electron chi connectivity index (χ4n) is 3.28. The Morgan fingerprint density at radius 3 is 2.54 bits per heavy atom. The Kier molecular flexibility index (Phi) is 4.68. The zero-order chi connectivity index (χ0) is 17.3. The second kappa shape index (κ2) is 6.60. The molecule has 3 rings (SSSR count). The zero-order valence-corrected chi connectivity index (χ0v) is 14.9. The first-order chi connectivity index (χ1) is 11.4. The van der Waals surface area contributed by atoms with Gasteiger partial charge >= 0.3 is 5.97 Å². The summed E-state index contributed by atoms with van der Waals surface area (Å²) in [5.41, 5.74) is 1.81. The Labute approximate surface area is 143 Å². The Hall–Kier alpha value is -1.81. The van der Waals surface area contributed by atoms with Gasteiger partial charge in [-0.3, -0.25) is 0 Å². The van der Waals surface area contributed by atoms with Crippen LogP contribution in [0.5, 0.6) is 0 Å². The van der Waals surface area contributed by atoms with Crippen molar-refractivity contribution >= 4 is 5.97 Å². The van der Waals surface area contributed by atoms with Gasteiger partial charge in [0.1, 0.15) is 11.3 Å². The lowest BCUT2D eigenvalue weighted by Gasteiger charge is -2.41. The number of hydrogen-bond acceptors (Lipinski definition) is 4. The van der Waals surface area contributed by atoms with Crippen LogP contribution in [-0.4, -0.2) is 24.0 Å². The highest BCUT2D eigenvalue weighted by atomic mass is 16.7. The number of ether oxygens (including phenoxy) is 3. The van der Waals surface area contributed by atoms with E-state index in [0.29, 0.717) is 17.9 Å². The lowest BCUT2D eigenvalue weighted by Crippen LogP contribution is -2.45. The predicted octanol–water partition coefficient (Wildman–Crippen LogP) is 4.00. The van der Waals surface area contributed by atoms with Gasteiger partial charge in [-0.05, 0) is 24.3 Å². The largest absolute Gasteiger partial charge is 0.456 e. The fraction of sp³-hybridized carbons (Fsp3) is 0.550. The van der Waals surface area contributed by atoms with E-state index in [-0.39, 0.29) is 18.2 Å². The van der Waals surface area contributed by atoms with Crippen LogP contribution in [0.2, 0.25) is 0 Å². The summed E-state index contributed by atoms with van der Waals surface area (Å²) in [5, 5.41) is 0. The third kappa shape index (κ3) is 3.64. The fourth-order valence-corrected chi connectivity index (χ4v) is 3.28. The molecule has 1 aromatic carbocycles. The van der Waals surface area contributed by atoms with Crippen LogP contribution in [0.25, 0.3) is 0 Å². The smallest absolute Gasteiger partial charge is 0.343 e. The predicted molar refractivity (Wildman–Crippen MR) is 91.2 cm³/mol. The second-order valence-corrected chi connectivity index (χ2v) is 7.36. The van der Waals surface area contributed by atoms with Gasteiger partial charge in [0.25, 0.3) is 0 Å². The Morgan fingerprint density at radius 2 is 1.88 bits per heavy atom. The van der Waals surface area contributed by atoms with E-state index in [4.69, 9.17) is 14.2 Å². The molecule has 0 saturated heterocycles. The Bertz CT molecular complexity index is 630. The number of cyclic esters (lactones) is 1. The van der Waals surface area contributed by atoms with Gasteiger partial charge in [-0.2, -0.15) is 0 Å². The van der Waals surface area contributed by atoms with Crippen molar-refractivity contribution in [3.8, 4) is 0 Å². The van der Waals surface area contributed by atoms with Gasteiger partial charge in [-0.15, -0.1) is 0 Å². The molecule has 130 valence electrons. The summed E-state index contributed by atoms with van der Waals surface area (Å²) < 4.78 is 17.6. The topological polar surface area (TPSA) is 44.8 Å². The summed E-state index contributed by atoms with van der Waals surface area (Å²) in [6.07, 6.45) is 2.01. The number of rotatable bonds is 4. The van der Waals surface area contributed by atoms with Crippen LogP contribution in [0.3, 0.4) is 0 Å². The number of hydrogen-bond donors (Lipinski definition) is 0. The molecular formula is C20H26O4. The Balaban J connectivity index is 1.83. The summed E-state index contributed by atoms with van der Waals surface area (Å²) in [6.45, 7) is 7.81. The van der Waals surface area contributed by atoms with E-state index in [2.05, 4.69) is 26.0 Å². The van der Waals surface area contributed by atoms with Gasteiger partial charge in [0.2, 0.25) is 5.79 Å². The molecule has 0 fully saturated rings. The first-order valence-corrected chi connectivity index (χ1v) is 8.70. The molecule has 0 saturated carbocycles. The van der Waals surface area contributed by atoms with Crippen LogP contribution in [0.4, 0.5) is 0 Å². The third-order valence-corrected chi connectivity index (χ3v) is 4.56. The van der Waals surface area contributed by atoms with Gasteiger partial charge in [-0.1, -0.05) is 44.2 Å². The highest BCUT2D eigenvalue weighted by Crippen LogP contribution is 2.38. The molecular weight excluding hydrogens is 304 g/mol. The monoisotopic (exact) mass is 330 g/mol.